The van der Waals surface area contributed by atoms with Gasteiger partial charge >= 0.3 is 0 Å². The van der Waals surface area contributed by atoms with Crippen molar-refractivity contribution >= 4 is 0 Å². The molecule has 0 radical (unpaired) electrons. The van der Waals surface area contributed by atoms with Gasteiger partial charge in [0.25, 0.3) is 0 Å². The predicted octanol–water partition coefficient (Wildman–Crippen LogP) is 3.52. The van der Waals surface area contributed by atoms with Crippen LogP contribution < -0.4 is 5.32 Å². The summed E-state index contributed by atoms with van der Waals surface area (Å²) in [5, 5.41) is 3.63. The Bertz CT molecular complexity index is 478. The lowest BCUT2D eigenvalue weighted by molar-refractivity contribution is 0.215. The standard InChI is InChI=1S/C17H23NO/c1-2-10-18-17(16-7-4-11-19-16)15-9-8-13-5-3-6-14(13)12-15/h7-9,12,17-18H,2-6,10-11H2,1H3. The zero-order valence-corrected chi connectivity index (χ0v) is 11.7. The van der Waals surface area contributed by atoms with Gasteiger partial charge in [-0.2, -0.15) is 0 Å². The van der Waals surface area contributed by atoms with Gasteiger partial charge in [0.15, 0.2) is 0 Å². The van der Waals surface area contributed by atoms with Gasteiger partial charge in [0, 0.05) is 6.42 Å². The molecule has 0 bridgehead atoms. The molecule has 1 atom stereocenters. The fourth-order valence-electron chi connectivity index (χ4n) is 3.08. The molecule has 2 heteroatoms. The van der Waals surface area contributed by atoms with Crippen LogP contribution in [-0.4, -0.2) is 13.2 Å². The Morgan fingerprint density at radius 2 is 2.16 bits per heavy atom. The molecule has 0 saturated carbocycles. The first-order valence-electron chi connectivity index (χ1n) is 7.56. The molecule has 1 aromatic rings. The highest BCUT2D eigenvalue weighted by molar-refractivity contribution is 5.38. The van der Waals surface area contributed by atoms with E-state index < -0.39 is 0 Å². The Balaban J connectivity index is 1.85. The van der Waals surface area contributed by atoms with E-state index in [1.165, 1.54) is 24.8 Å². The molecule has 2 nitrogen and oxygen atoms in total. The van der Waals surface area contributed by atoms with Crippen LogP contribution in [0.1, 0.15) is 48.9 Å². The highest BCUT2D eigenvalue weighted by Gasteiger charge is 2.22. The summed E-state index contributed by atoms with van der Waals surface area (Å²) in [6, 6.07) is 7.22. The van der Waals surface area contributed by atoms with E-state index in [1.807, 2.05) is 0 Å². The van der Waals surface area contributed by atoms with Crippen LogP contribution in [-0.2, 0) is 17.6 Å². The smallest absolute Gasteiger partial charge is 0.114 e. The van der Waals surface area contributed by atoms with Crippen molar-refractivity contribution in [3.63, 3.8) is 0 Å². The average Bonchev–Trinajstić information content (AvgIpc) is 3.09. The zero-order valence-electron chi connectivity index (χ0n) is 11.7. The highest BCUT2D eigenvalue weighted by Crippen LogP contribution is 2.30. The van der Waals surface area contributed by atoms with Gasteiger partial charge in [0.05, 0.1) is 12.6 Å². The number of ether oxygens (including phenoxy) is 1. The molecular weight excluding hydrogens is 234 g/mol. The number of hydrogen-bond acceptors (Lipinski definition) is 2. The summed E-state index contributed by atoms with van der Waals surface area (Å²) in [6.07, 6.45) is 8.23. The van der Waals surface area contributed by atoms with Gasteiger partial charge < -0.3 is 10.1 Å². The van der Waals surface area contributed by atoms with Crippen LogP contribution in [0, 0.1) is 0 Å². The van der Waals surface area contributed by atoms with E-state index in [2.05, 4.69) is 36.5 Å². The summed E-state index contributed by atoms with van der Waals surface area (Å²) in [5.41, 5.74) is 4.45. The summed E-state index contributed by atoms with van der Waals surface area (Å²) >= 11 is 0. The molecule has 0 spiro atoms. The highest BCUT2D eigenvalue weighted by atomic mass is 16.5. The molecule has 0 amide bonds. The van der Waals surface area contributed by atoms with Crippen LogP contribution in [0.15, 0.2) is 30.0 Å². The Morgan fingerprint density at radius 1 is 1.26 bits per heavy atom. The van der Waals surface area contributed by atoms with Crippen molar-refractivity contribution in [2.45, 2.75) is 45.1 Å². The third kappa shape index (κ3) is 2.69. The first kappa shape index (κ1) is 12.7. The fourth-order valence-corrected chi connectivity index (χ4v) is 3.08. The number of rotatable bonds is 5. The average molecular weight is 257 g/mol. The van der Waals surface area contributed by atoms with E-state index in [1.54, 1.807) is 11.1 Å². The zero-order chi connectivity index (χ0) is 13.1. The molecule has 1 aliphatic carbocycles. The van der Waals surface area contributed by atoms with Crippen molar-refractivity contribution in [1.82, 2.24) is 5.32 Å². The van der Waals surface area contributed by atoms with Crippen LogP contribution in [0.4, 0.5) is 0 Å². The van der Waals surface area contributed by atoms with Crippen LogP contribution >= 0.6 is 0 Å². The number of benzene rings is 1. The van der Waals surface area contributed by atoms with E-state index in [9.17, 15) is 0 Å². The first-order chi connectivity index (χ1) is 9.38. The topological polar surface area (TPSA) is 21.3 Å². The fraction of sp³-hybridized carbons (Fsp3) is 0.529. The van der Waals surface area contributed by atoms with Gasteiger partial charge in [0.2, 0.25) is 0 Å². The second-order valence-corrected chi connectivity index (χ2v) is 5.51. The van der Waals surface area contributed by atoms with Crippen LogP contribution in [0.5, 0.6) is 0 Å². The Labute approximate surface area is 115 Å². The minimum absolute atomic E-state index is 0.244. The lowest BCUT2D eigenvalue weighted by atomic mass is 9.99. The third-order valence-corrected chi connectivity index (χ3v) is 4.07. The van der Waals surface area contributed by atoms with E-state index in [4.69, 9.17) is 4.74 Å². The minimum Gasteiger partial charge on any atom is -0.496 e. The molecule has 1 aliphatic heterocycles. The van der Waals surface area contributed by atoms with Crippen molar-refractivity contribution in [2.24, 2.45) is 0 Å². The monoisotopic (exact) mass is 257 g/mol. The Hall–Kier alpha value is -1.28. The van der Waals surface area contributed by atoms with Gasteiger partial charge in [-0.15, -0.1) is 0 Å². The van der Waals surface area contributed by atoms with Gasteiger partial charge in [-0.25, -0.2) is 0 Å². The number of aryl methyl sites for hydroxylation is 2. The third-order valence-electron chi connectivity index (χ3n) is 4.07. The normalized spacial score (nSPS) is 18.9. The molecule has 2 aliphatic rings. The lowest BCUT2D eigenvalue weighted by Crippen LogP contribution is -2.24. The van der Waals surface area contributed by atoms with Crippen molar-refractivity contribution < 1.29 is 4.74 Å². The van der Waals surface area contributed by atoms with Crippen molar-refractivity contribution in [3.8, 4) is 0 Å². The largest absolute Gasteiger partial charge is 0.496 e. The molecule has 1 aromatic carbocycles. The Morgan fingerprint density at radius 3 is 2.95 bits per heavy atom. The van der Waals surface area contributed by atoms with Crippen LogP contribution in [0.3, 0.4) is 0 Å². The quantitative estimate of drug-likeness (QED) is 0.871. The number of nitrogens with one attached hydrogen (secondary N) is 1. The summed E-state index contributed by atoms with van der Waals surface area (Å²) in [7, 11) is 0. The van der Waals surface area contributed by atoms with E-state index in [0.717, 1.165) is 31.8 Å². The molecule has 102 valence electrons. The second-order valence-electron chi connectivity index (χ2n) is 5.51. The maximum Gasteiger partial charge on any atom is 0.114 e. The minimum atomic E-state index is 0.244. The van der Waals surface area contributed by atoms with Crippen molar-refractivity contribution in [1.29, 1.82) is 0 Å². The maximum absolute atomic E-state index is 5.78. The Kier molecular flexibility index (Phi) is 3.88. The summed E-state index contributed by atoms with van der Waals surface area (Å²) in [6.45, 7) is 4.07. The second kappa shape index (κ2) is 5.79. The molecule has 0 aromatic heterocycles. The molecule has 0 fully saturated rings. The maximum atomic E-state index is 5.78. The summed E-state index contributed by atoms with van der Waals surface area (Å²) in [5.74, 6) is 1.12. The molecule has 1 N–H and O–H groups in total. The first-order valence-corrected chi connectivity index (χ1v) is 7.56. The molecule has 1 unspecified atom stereocenters. The van der Waals surface area contributed by atoms with Gasteiger partial charge in [-0.3, -0.25) is 0 Å². The molecule has 0 saturated heterocycles. The lowest BCUT2D eigenvalue weighted by Gasteiger charge is -2.21. The van der Waals surface area contributed by atoms with Crippen molar-refractivity contribution in [3.05, 3.63) is 46.7 Å². The molecule has 3 rings (SSSR count). The molecular formula is C17H23NO. The molecule has 19 heavy (non-hydrogen) atoms. The van der Waals surface area contributed by atoms with Gasteiger partial charge in [0.1, 0.15) is 5.76 Å². The van der Waals surface area contributed by atoms with E-state index >= 15 is 0 Å². The summed E-state index contributed by atoms with van der Waals surface area (Å²) < 4.78 is 5.78. The number of fused-ring (bicyclic) bond motifs is 1. The summed E-state index contributed by atoms with van der Waals surface area (Å²) in [4.78, 5) is 0. The van der Waals surface area contributed by atoms with Gasteiger partial charge in [-0.05, 0) is 55.0 Å². The number of hydrogen-bond donors (Lipinski definition) is 1. The predicted molar refractivity (Wildman–Crippen MR) is 78.2 cm³/mol. The van der Waals surface area contributed by atoms with Crippen molar-refractivity contribution in [2.75, 3.05) is 13.2 Å². The van der Waals surface area contributed by atoms with E-state index in [0.29, 0.717) is 0 Å². The van der Waals surface area contributed by atoms with Crippen LogP contribution in [0.2, 0.25) is 0 Å². The van der Waals surface area contributed by atoms with Gasteiger partial charge in [-0.1, -0.05) is 25.1 Å². The van der Waals surface area contributed by atoms with E-state index in [-0.39, 0.29) is 6.04 Å². The molecule has 1 heterocycles. The van der Waals surface area contributed by atoms with Crippen LogP contribution in [0.25, 0.3) is 0 Å². The SMILES string of the molecule is CCCNC(C1=CCCO1)c1ccc2c(c1)CCC2.